The Hall–Kier alpha value is -1.83. The Kier molecular flexibility index (Phi) is 10.9. The zero-order chi connectivity index (χ0) is 24.5. The third-order valence-electron chi connectivity index (χ3n) is 4.88. The number of nitrogens with one attached hydrogen (secondary N) is 1. The summed E-state index contributed by atoms with van der Waals surface area (Å²) in [5, 5.41) is 0.748. The van der Waals surface area contributed by atoms with Gasteiger partial charge in [-0.2, -0.15) is 0 Å². The van der Waals surface area contributed by atoms with E-state index in [4.69, 9.17) is 32.7 Å². The van der Waals surface area contributed by atoms with Crippen molar-refractivity contribution in [1.29, 1.82) is 0 Å². The smallest absolute Gasteiger partial charge is 0.264 e. The van der Waals surface area contributed by atoms with Gasteiger partial charge in [-0.25, -0.2) is 4.39 Å². The Morgan fingerprint density at radius 3 is 2.55 bits per heavy atom. The third-order valence-corrected chi connectivity index (χ3v) is 5.86. The van der Waals surface area contributed by atoms with Gasteiger partial charge in [0, 0.05) is 24.6 Å². The lowest BCUT2D eigenvalue weighted by Crippen LogP contribution is -2.34. The molecule has 3 rings (SSSR count). The van der Waals surface area contributed by atoms with Crippen molar-refractivity contribution in [2.45, 2.75) is 52.7 Å². The van der Waals surface area contributed by atoms with E-state index in [0.717, 1.165) is 43.1 Å². The predicted molar refractivity (Wildman–Crippen MR) is 137 cm³/mol. The number of hydrogen-bond acceptors (Lipinski definition) is 5. The fourth-order valence-electron chi connectivity index (χ4n) is 3.51. The number of rotatable bonds is 8. The fourth-order valence-corrected chi connectivity index (χ4v) is 4.25. The summed E-state index contributed by atoms with van der Waals surface area (Å²) < 4.78 is 28.4. The summed E-state index contributed by atoms with van der Waals surface area (Å²) in [6, 6.07) is 8.28. The highest BCUT2D eigenvalue weighted by molar-refractivity contribution is 7.97. The van der Waals surface area contributed by atoms with Gasteiger partial charge in [-0.1, -0.05) is 49.0 Å². The maximum atomic E-state index is 14.4. The first-order valence-corrected chi connectivity index (χ1v) is 13.0. The Morgan fingerprint density at radius 2 is 1.91 bits per heavy atom. The van der Waals surface area contributed by atoms with Crippen LogP contribution in [-0.2, 0) is 0 Å². The molecule has 1 amide bonds. The van der Waals surface area contributed by atoms with Crippen LogP contribution in [0.4, 0.5) is 10.1 Å². The van der Waals surface area contributed by atoms with Crippen LogP contribution in [0.1, 0.15) is 50.9 Å². The summed E-state index contributed by atoms with van der Waals surface area (Å²) in [5.74, 6) is -0.352. The zero-order valence-electron chi connectivity index (χ0n) is 19.6. The van der Waals surface area contributed by atoms with Crippen LogP contribution in [0.15, 0.2) is 30.3 Å². The van der Waals surface area contributed by atoms with Crippen LogP contribution >= 0.6 is 35.1 Å². The topological polar surface area (TPSA) is 50.8 Å². The van der Waals surface area contributed by atoms with E-state index in [9.17, 15) is 9.18 Å². The number of hydrogen-bond donors (Lipinski definition) is 1. The molecular weight excluding hydrogens is 486 g/mol. The number of carbonyl (C=O) groups excluding carboxylic acids is 1. The SMILES string of the molecule is CC.CSNC(=O)c1cc(Cl)c(OCC2CCCN2c2ccc(OC(C)C)c(Cl)c2)cc1F. The second-order valence-electron chi connectivity index (χ2n) is 7.48. The van der Waals surface area contributed by atoms with Crippen LogP contribution in [0.5, 0.6) is 11.5 Å². The molecule has 2 aromatic carbocycles. The molecule has 2 aromatic rings. The molecule has 1 N–H and O–H groups in total. The van der Waals surface area contributed by atoms with Crippen molar-refractivity contribution in [2.24, 2.45) is 0 Å². The van der Waals surface area contributed by atoms with Gasteiger partial charge in [0.25, 0.3) is 5.91 Å². The lowest BCUT2D eigenvalue weighted by molar-refractivity contribution is 0.0980. The molecule has 0 bridgehead atoms. The van der Waals surface area contributed by atoms with Gasteiger partial charge in [-0.05, 0) is 51.0 Å². The van der Waals surface area contributed by atoms with E-state index >= 15 is 0 Å². The van der Waals surface area contributed by atoms with E-state index in [2.05, 4.69) is 9.62 Å². The van der Waals surface area contributed by atoms with Crippen molar-refractivity contribution in [3.63, 3.8) is 0 Å². The summed E-state index contributed by atoms with van der Waals surface area (Å²) in [4.78, 5) is 14.1. The van der Waals surface area contributed by atoms with Gasteiger partial charge in [0.15, 0.2) is 0 Å². The summed E-state index contributed by atoms with van der Waals surface area (Å²) in [5.41, 5.74) is 0.862. The molecule has 1 aliphatic heterocycles. The molecule has 1 fully saturated rings. The van der Waals surface area contributed by atoms with Crippen molar-refractivity contribution in [3.05, 3.63) is 51.8 Å². The Balaban J connectivity index is 0.00000187. The fraction of sp³-hybridized carbons (Fsp3) is 0.458. The van der Waals surface area contributed by atoms with Crippen molar-refractivity contribution in [1.82, 2.24) is 4.72 Å². The quantitative estimate of drug-likeness (QED) is 0.382. The first-order valence-electron chi connectivity index (χ1n) is 11.0. The molecule has 33 heavy (non-hydrogen) atoms. The minimum absolute atomic E-state index is 0.0413. The van der Waals surface area contributed by atoms with Crippen LogP contribution in [-0.4, -0.2) is 37.5 Å². The van der Waals surface area contributed by atoms with Crippen molar-refractivity contribution in [3.8, 4) is 11.5 Å². The van der Waals surface area contributed by atoms with E-state index in [1.807, 2.05) is 45.9 Å². The standard InChI is InChI=1S/C22H25Cl2FN2O3S.C2H6/c1-13(2)30-20-7-6-14(9-17(20)23)27-8-4-5-15(27)12-29-21-11-19(25)16(10-18(21)24)22(28)26-31-3;1-2/h6-7,9-11,13,15H,4-5,8,12H2,1-3H3,(H,26,28);1-2H3. The minimum Gasteiger partial charge on any atom is -0.490 e. The second-order valence-corrected chi connectivity index (χ2v) is 8.91. The number of benzene rings is 2. The molecule has 1 unspecified atom stereocenters. The normalized spacial score (nSPS) is 15.2. The predicted octanol–water partition coefficient (Wildman–Crippen LogP) is 7.00. The van der Waals surface area contributed by atoms with Crippen molar-refractivity contribution < 1.29 is 18.7 Å². The Labute approximate surface area is 210 Å². The van der Waals surface area contributed by atoms with E-state index in [1.165, 1.54) is 6.07 Å². The molecule has 0 saturated carbocycles. The van der Waals surface area contributed by atoms with Gasteiger partial charge in [0.05, 0.1) is 27.8 Å². The summed E-state index contributed by atoms with van der Waals surface area (Å²) >= 11 is 13.7. The van der Waals surface area contributed by atoms with Gasteiger partial charge in [0.1, 0.15) is 23.9 Å². The largest absolute Gasteiger partial charge is 0.490 e. The molecule has 9 heteroatoms. The lowest BCUT2D eigenvalue weighted by atomic mass is 10.2. The first kappa shape index (κ1) is 27.4. The van der Waals surface area contributed by atoms with E-state index in [0.29, 0.717) is 17.4 Å². The molecule has 1 heterocycles. The molecule has 0 radical (unpaired) electrons. The Bertz CT molecular complexity index is 946. The van der Waals surface area contributed by atoms with Gasteiger partial charge in [-0.15, -0.1) is 0 Å². The molecule has 1 aliphatic rings. The van der Waals surface area contributed by atoms with E-state index in [1.54, 1.807) is 6.26 Å². The molecule has 1 saturated heterocycles. The van der Waals surface area contributed by atoms with Gasteiger partial charge in [-0.3, -0.25) is 9.52 Å². The average Bonchev–Trinajstić information content (AvgIpc) is 3.25. The van der Waals surface area contributed by atoms with Crippen LogP contribution in [0.25, 0.3) is 0 Å². The van der Waals surface area contributed by atoms with Crippen LogP contribution in [0.3, 0.4) is 0 Å². The monoisotopic (exact) mass is 516 g/mol. The Morgan fingerprint density at radius 1 is 1.21 bits per heavy atom. The zero-order valence-corrected chi connectivity index (χ0v) is 21.9. The molecule has 1 atom stereocenters. The second kappa shape index (κ2) is 13.2. The number of nitrogens with zero attached hydrogens (tertiary/aromatic N) is 1. The number of carbonyl (C=O) groups is 1. The summed E-state index contributed by atoms with van der Waals surface area (Å²) in [6.45, 7) is 9.10. The molecule has 5 nitrogen and oxygen atoms in total. The van der Waals surface area contributed by atoms with Gasteiger partial charge >= 0.3 is 0 Å². The average molecular weight is 517 g/mol. The van der Waals surface area contributed by atoms with E-state index in [-0.39, 0.29) is 28.5 Å². The maximum absolute atomic E-state index is 14.4. The number of anilines is 1. The molecule has 182 valence electrons. The van der Waals surface area contributed by atoms with Crippen LogP contribution < -0.4 is 19.1 Å². The maximum Gasteiger partial charge on any atom is 0.264 e. The summed E-state index contributed by atoms with van der Waals surface area (Å²) in [7, 11) is 0. The highest BCUT2D eigenvalue weighted by Crippen LogP contribution is 2.34. The van der Waals surface area contributed by atoms with Crippen LogP contribution in [0.2, 0.25) is 10.0 Å². The highest BCUT2D eigenvalue weighted by atomic mass is 35.5. The third kappa shape index (κ3) is 7.33. The van der Waals surface area contributed by atoms with Crippen molar-refractivity contribution >= 4 is 46.7 Å². The molecule has 0 spiro atoms. The van der Waals surface area contributed by atoms with Gasteiger partial charge in [0.2, 0.25) is 0 Å². The minimum atomic E-state index is -0.679. The molecular formula is C24H31Cl2FN2O3S. The number of halogens is 3. The summed E-state index contributed by atoms with van der Waals surface area (Å²) in [6.07, 6.45) is 3.65. The van der Waals surface area contributed by atoms with Gasteiger partial charge < -0.3 is 14.4 Å². The number of ether oxygens (including phenoxy) is 2. The lowest BCUT2D eigenvalue weighted by Gasteiger charge is -2.27. The van der Waals surface area contributed by atoms with E-state index < -0.39 is 11.7 Å². The first-order chi connectivity index (χ1) is 15.8. The van der Waals surface area contributed by atoms with Crippen molar-refractivity contribution in [2.75, 3.05) is 24.3 Å². The number of amides is 1. The molecule has 0 aliphatic carbocycles. The molecule has 0 aromatic heterocycles. The highest BCUT2D eigenvalue weighted by Gasteiger charge is 2.27. The van der Waals surface area contributed by atoms with Crippen LogP contribution in [0, 0.1) is 5.82 Å².